The van der Waals surface area contributed by atoms with E-state index in [-0.39, 0.29) is 11.1 Å². The Labute approximate surface area is 150 Å². The summed E-state index contributed by atoms with van der Waals surface area (Å²) >= 11 is 1.01. The average molecular weight is 371 g/mol. The number of carbonyl (C=O) groups is 1. The molecular formula is C18H11F2N3O2S. The molecule has 1 N–H and O–H groups in total. The van der Waals surface area contributed by atoms with E-state index < -0.39 is 17.3 Å². The molecule has 3 aromatic rings. The summed E-state index contributed by atoms with van der Waals surface area (Å²) in [6.07, 6.45) is 1.65. The van der Waals surface area contributed by atoms with Crippen LogP contribution in [-0.4, -0.2) is 16.1 Å². The number of amidine groups is 1. The van der Waals surface area contributed by atoms with Gasteiger partial charge in [-0.1, -0.05) is 12.1 Å². The predicted octanol–water partition coefficient (Wildman–Crippen LogP) is 4.31. The van der Waals surface area contributed by atoms with Crippen LogP contribution in [0.5, 0.6) is 0 Å². The smallest absolute Gasteiger partial charge is 0.264 e. The van der Waals surface area contributed by atoms with Crippen LogP contribution in [0.3, 0.4) is 0 Å². The molecule has 0 saturated carbocycles. The number of fused-ring (bicyclic) bond motifs is 1. The molecule has 0 spiro atoms. The van der Waals surface area contributed by atoms with E-state index in [1.807, 2.05) is 0 Å². The Morgan fingerprint density at radius 3 is 2.77 bits per heavy atom. The maximum atomic E-state index is 13.7. The molecule has 1 amide bonds. The maximum Gasteiger partial charge on any atom is 0.264 e. The van der Waals surface area contributed by atoms with Crippen molar-refractivity contribution in [2.24, 2.45) is 4.99 Å². The highest BCUT2D eigenvalue weighted by atomic mass is 32.2. The van der Waals surface area contributed by atoms with Gasteiger partial charge in [0.15, 0.2) is 28.3 Å². The van der Waals surface area contributed by atoms with Crippen LogP contribution in [0.15, 0.2) is 50.7 Å². The van der Waals surface area contributed by atoms with Crippen LogP contribution in [-0.2, 0) is 4.79 Å². The third-order valence-corrected chi connectivity index (χ3v) is 4.53. The summed E-state index contributed by atoms with van der Waals surface area (Å²) in [6, 6.07) is 8.82. The number of aryl methyl sites for hydroxylation is 1. The number of carbonyl (C=O) groups excluding carboxylic acids is 1. The molecule has 1 aromatic heterocycles. The number of nitrogens with one attached hydrogen (secondary N) is 1. The van der Waals surface area contributed by atoms with Crippen molar-refractivity contribution in [3.05, 3.63) is 64.4 Å². The fourth-order valence-corrected chi connectivity index (χ4v) is 3.30. The van der Waals surface area contributed by atoms with Crippen LogP contribution in [0, 0.1) is 18.6 Å². The molecule has 8 heteroatoms. The molecule has 5 nitrogen and oxygen atoms in total. The lowest BCUT2D eigenvalue weighted by Crippen LogP contribution is -2.19. The minimum Gasteiger partial charge on any atom is -0.441 e. The Bertz CT molecular complexity index is 1080. The number of aromatic nitrogens is 1. The van der Waals surface area contributed by atoms with Crippen molar-refractivity contribution in [1.29, 1.82) is 0 Å². The van der Waals surface area contributed by atoms with Crippen molar-refractivity contribution in [3.63, 3.8) is 0 Å². The number of rotatable bonds is 2. The molecule has 1 aliphatic rings. The number of halogens is 2. The van der Waals surface area contributed by atoms with Crippen molar-refractivity contribution >= 4 is 45.7 Å². The summed E-state index contributed by atoms with van der Waals surface area (Å²) in [5.74, 6) is -1.43. The first-order valence-corrected chi connectivity index (χ1v) is 8.42. The van der Waals surface area contributed by atoms with E-state index in [2.05, 4.69) is 15.3 Å². The second-order valence-corrected chi connectivity index (χ2v) is 6.54. The first-order chi connectivity index (χ1) is 12.5. The first-order valence-electron chi connectivity index (χ1n) is 7.60. The number of para-hydroxylation sites is 1. The Balaban J connectivity index is 1.64. The van der Waals surface area contributed by atoms with Gasteiger partial charge < -0.3 is 9.73 Å². The summed E-state index contributed by atoms with van der Waals surface area (Å²) in [5, 5.41) is 2.62. The highest BCUT2D eigenvalue weighted by molar-refractivity contribution is 8.18. The zero-order valence-electron chi connectivity index (χ0n) is 13.4. The number of thioether (sulfide) groups is 1. The van der Waals surface area contributed by atoms with E-state index in [0.29, 0.717) is 16.4 Å². The third-order valence-electron chi connectivity index (χ3n) is 3.62. The lowest BCUT2D eigenvalue weighted by Gasteiger charge is -1.99. The minimum absolute atomic E-state index is 0.113. The lowest BCUT2D eigenvalue weighted by atomic mass is 10.2. The van der Waals surface area contributed by atoms with Crippen LogP contribution in [0.25, 0.3) is 17.2 Å². The number of oxazole rings is 1. The largest absolute Gasteiger partial charge is 0.441 e. The molecule has 4 rings (SSSR count). The number of amides is 1. The summed E-state index contributed by atoms with van der Waals surface area (Å²) in [7, 11) is 0. The molecule has 0 atom stereocenters. The van der Waals surface area contributed by atoms with Gasteiger partial charge in [-0.3, -0.25) is 4.79 Å². The van der Waals surface area contributed by atoms with Crippen molar-refractivity contribution in [2.45, 2.75) is 6.92 Å². The van der Waals surface area contributed by atoms with Gasteiger partial charge >= 0.3 is 0 Å². The van der Waals surface area contributed by atoms with Gasteiger partial charge in [-0.15, -0.1) is 0 Å². The Kier molecular flexibility index (Phi) is 4.04. The Hall–Kier alpha value is -3.00. The lowest BCUT2D eigenvalue weighted by molar-refractivity contribution is -0.115. The Morgan fingerprint density at radius 2 is 2.00 bits per heavy atom. The molecule has 1 fully saturated rings. The molecule has 1 aliphatic heterocycles. The molecule has 2 heterocycles. The number of hydrogen-bond donors (Lipinski definition) is 1. The second-order valence-electron chi connectivity index (χ2n) is 5.51. The number of hydrogen-bond acceptors (Lipinski definition) is 5. The molecule has 0 bridgehead atoms. The number of benzene rings is 2. The second kappa shape index (κ2) is 6.38. The van der Waals surface area contributed by atoms with Crippen molar-refractivity contribution in [2.75, 3.05) is 0 Å². The van der Waals surface area contributed by atoms with Crippen molar-refractivity contribution < 1.29 is 18.0 Å². The van der Waals surface area contributed by atoms with Gasteiger partial charge in [0.05, 0.1) is 4.91 Å². The number of aliphatic imine (C=N–C) groups is 1. The normalized spacial score (nSPS) is 17.4. The Morgan fingerprint density at radius 1 is 1.23 bits per heavy atom. The van der Waals surface area contributed by atoms with E-state index in [9.17, 15) is 13.6 Å². The molecule has 1 saturated heterocycles. The zero-order valence-corrected chi connectivity index (χ0v) is 14.2. The molecule has 130 valence electrons. The van der Waals surface area contributed by atoms with Gasteiger partial charge in [-0.05, 0) is 47.7 Å². The molecular weight excluding hydrogens is 360 g/mol. The first kappa shape index (κ1) is 16.5. The van der Waals surface area contributed by atoms with E-state index in [1.54, 1.807) is 31.2 Å². The summed E-state index contributed by atoms with van der Waals surface area (Å²) < 4.78 is 32.9. The predicted molar refractivity (Wildman–Crippen MR) is 95.9 cm³/mol. The maximum absolute atomic E-state index is 13.7. The van der Waals surface area contributed by atoms with Crippen LogP contribution in [0.4, 0.5) is 14.5 Å². The average Bonchev–Trinajstić information content (AvgIpc) is 3.12. The van der Waals surface area contributed by atoms with E-state index in [0.717, 1.165) is 35.0 Å². The molecule has 0 aliphatic carbocycles. The molecule has 0 radical (unpaired) electrons. The summed E-state index contributed by atoms with van der Waals surface area (Å²) in [5.41, 5.74) is 1.65. The van der Waals surface area contributed by atoms with Gasteiger partial charge in [0, 0.05) is 6.92 Å². The molecule has 0 unspecified atom stereocenters. The van der Waals surface area contributed by atoms with Gasteiger partial charge in [0.2, 0.25) is 0 Å². The summed E-state index contributed by atoms with van der Waals surface area (Å²) in [4.78, 5) is 20.6. The third kappa shape index (κ3) is 3.11. The topological polar surface area (TPSA) is 67.5 Å². The van der Waals surface area contributed by atoms with Gasteiger partial charge in [0.25, 0.3) is 5.91 Å². The highest BCUT2D eigenvalue weighted by Crippen LogP contribution is 2.30. The molecule has 26 heavy (non-hydrogen) atoms. The zero-order chi connectivity index (χ0) is 18.3. The molecule has 2 aromatic carbocycles. The number of nitrogens with zero attached hydrogens (tertiary/aromatic N) is 2. The fraction of sp³-hybridized carbons (Fsp3) is 0.0556. The SMILES string of the molecule is Cc1nc2ccc(/C=C3\S/C(=N/c4c(F)cccc4F)NC3=O)cc2o1. The van der Waals surface area contributed by atoms with E-state index in [1.165, 1.54) is 6.07 Å². The van der Waals surface area contributed by atoms with Crippen LogP contribution >= 0.6 is 11.8 Å². The quantitative estimate of drug-likeness (QED) is 0.682. The van der Waals surface area contributed by atoms with Crippen molar-refractivity contribution in [1.82, 2.24) is 10.3 Å². The standard InChI is InChI=1S/C18H11F2N3O2S/c1-9-21-13-6-5-10(7-14(13)25-9)8-15-17(24)23-18(26-15)22-16-11(19)3-2-4-12(16)20/h2-8H,1H3,(H,22,23,24)/b15-8-. The van der Waals surface area contributed by atoms with E-state index in [4.69, 9.17) is 4.42 Å². The van der Waals surface area contributed by atoms with Crippen LogP contribution in [0.1, 0.15) is 11.5 Å². The van der Waals surface area contributed by atoms with E-state index >= 15 is 0 Å². The van der Waals surface area contributed by atoms with Gasteiger partial charge in [-0.25, -0.2) is 18.8 Å². The van der Waals surface area contributed by atoms with Gasteiger partial charge in [0.1, 0.15) is 11.2 Å². The fourth-order valence-electron chi connectivity index (χ4n) is 2.48. The van der Waals surface area contributed by atoms with Gasteiger partial charge in [-0.2, -0.15) is 0 Å². The van der Waals surface area contributed by atoms with Crippen molar-refractivity contribution in [3.8, 4) is 0 Å². The minimum atomic E-state index is -0.795. The van der Waals surface area contributed by atoms with Crippen LogP contribution < -0.4 is 5.32 Å². The highest BCUT2D eigenvalue weighted by Gasteiger charge is 2.24. The van der Waals surface area contributed by atoms with Crippen LogP contribution in [0.2, 0.25) is 0 Å². The monoisotopic (exact) mass is 371 g/mol. The summed E-state index contributed by atoms with van der Waals surface area (Å²) in [6.45, 7) is 1.75.